The zero-order valence-electron chi connectivity index (χ0n) is 10.3. The van der Waals surface area contributed by atoms with Crippen LogP contribution >= 0.6 is 11.6 Å². The van der Waals surface area contributed by atoms with Crippen molar-refractivity contribution in [1.82, 2.24) is 4.90 Å². The first-order valence-electron chi connectivity index (χ1n) is 5.38. The lowest BCUT2D eigenvalue weighted by Gasteiger charge is -2.18. The number of nitro groups is 1. The summed E-state index contributed by atoms with van der Waals surface area (Å²) < 4.78 is 36.3. The van der Waals surface area contributed by atoms with Crippen LogP contribution in [0, 0.1) is 10.1 Å². The molecule has 0 atom stereocenters. The monoisotopic (exact) mass is 310 g/mol. The lowest BCUT2D eigenvalue weighted by molar-refractivity contribution is -0.385. The van der Waals surface area contributed by atoms with Gasteiger partial charge < -0.3 is 4.90 Å². The fourth-order valence-corrected chi connectivity index (χ4v) is 1.61. The molecule has 0 aliphatic rings. The second-order valence-electron chi connectivity index (χ2n) is 4.01. The second-order valence-corrected chi connectivity index (χ2v) is 4.45. The zero-order valence-corrected chi connectivity index (χ0v) is 11.0. The van der Waals surface area contributed by atoms with Crippen LogP contribution in [0.1, 0.15) is 16.8 Å². The smallest absolute Gasteiger partial charge is 0.341 e. The molecule has 20 heavy (non-hydrogen) atoms. The van der Waals surface area contributed by atoms with Crippen LogP contribution in [0.15, 0.2) is 18.2 Å². The Morgan fingerprint density at radius 3 is 2.55 bits per heavy atom. The van der Waals surface area contributed by atoms with Gasteiger partial charge in [0.25, 0.3) is 11.6 Å². The lowest BCUT2D eigenvalue weighted by Crippen LogP contribution is -2.31. The summed E-state index contributed by atoms with van der Waals surface area (Å²) in [7, 11) is 1.14. The Hall–Kier alpha value is -1.83. The molecular formula is C11H10ClF3N2O3. The Morgan fingerprint density at radius 1 is 1.45 bits per heavy atom. The van der Waals surface area contributed by atoms with Crippen molar-refractivity contribution in [3.05, 3.63) is 38.9 Å². The van der Waals surface area contributed by atoms with Crippen LogP contribution in [0.3, 0.4) is 0 Å². The number of benzene rings is 1. The molecule has 0 aliphatic heterocycles. The maximum atomic E-state index is 12.1. The molecule has 110 valence electrons. The number of amides is 1. The van der Waals surface area contributed by atoms with Gasteiger partial charge in [-0.3, -0.25) is 14.9 Å². The highest BCUT2D eigenvalue weighted by atomic mass is 35.5. The van der Waals surface area contributed by atoms with Crippen molar-refractivity contribution < 1.29 is 22.9 Å². The number of halogens is 4. The summed E-state index contributed by atoms with van der Waals surface area (Å²) in [5.74, 6) is -0.886. The summed E-state index contributed by atoms with van der Waals surface area (Å²) in [6.45, 7) is -0.591. The summed E-state index contributed by atoms with van der Waals surface area (Å²) >= 11 is 5.65. The zero-order chi connectivity index (χ0) is 15.5. The van der Waals surface area contributed by atoms with E-state index in [2.05, 4.69) is 0 Å². The van der Waals surface area contributed by atoms with E-state index in [9.17, 15) is 28.1 Å². The SMILES string of the molecule is CN(CCC(F)(F)F)C(=O)c1cc(Cl)ccc1[N+](=O)[O-]. The minimum absolute atomic E-state index is 0.0863. The fourth-order valence-electron chi connectivity index (χ4n) is 1.44. The molecule has 1 rings (SSSR count). The predicted molar refractivity (Wildman–Crippen MR) is 65.7 cm³/mol. The molecule has 0 aliphatic carbocycles. The lowest BCUT2D eigenvalue weighted by atomic mass is 10.1. The maximum absolute atomic E-state index is 12.1. The molecule has 0 unspecified atom stereocenters. The Labute approximate surface area is 117 Å². The van der Waals surface area contributed by atoms with Crippen LogP contribution in [-0.4, -0.2) is 35.5 Å². The quantitative estimate of drug-likeness (QED) is 0.633. The van der Waals surface area contributed by atoms with Gasteiger partial charge in [-0.1, -0.05) is 11.6 Å². The average Bonchev–Trinajstić information content (AvgIpc) is 2.33. The summed E-state index contributed by atoms with van der Waals surface area (Å²) in [6, 6.07) is 3.32. The molecule has 1 aromatic carbocycles. The summed E-state index contributed by atoms with van der Waals surface area (Å²) in [5.41, 5.74) is -0.842. The predicted octanol–water partition coefficient (Wildman–Crippen LogP) is 3.27. The first kappa shape index (κ1) is 16.2. The van der Waals surface area contributed by atoms with Gasteiger partial charge in [-0.25, -0.2) is 0 Å². The number of rotatable bonds is 4. The highest BCUT2D eigenvalue weighted by Gasteiger charge is 2.29. The van der Waals surface area contributed by atoms with Crippen molar-refractivity contribution >= 4 is 23.2 Å². The first-order valence-corrected chi connectivity index (χ1v) is 5.76. The molecular weight excluding hydrogens is 301 g/mol. The number of nitro benzene ring substituents is 1. The molecule has 1 aromatic rings. The minimum atomic E-state index is -4.41. The maximum Gasteiger partial charge on any atom is 0.390 e. The van der Waals surface area contributed by atoms with Crippen LogP contribution in [0.25, 0.3) is 0 Å². The highest BCUT2D eigenvalue weighted by Crippen LogP contribution is 2.25. The van der Waals surface area contributed by atoms with E-state index in [4.69, 9.17) is 11.6 Å². The summed E-state index contributed by atoms with van der Waals surface area (Å²) in [5, 5.41) is 10.9. The van der Waals surface area contributed by atoms with Gasteiger partial charge in [-0.05, 0) is 12.1 Å². The van der Waals surface area contributed by atoms with E-state index in [0.717, 1.165) is 24.1 Å². The number of carbonyl (C=O) groups is 1. The van der Waals surface area contributed by atoms with Crippen LogP contribution < -0.4 is 0 Å². The molecule has 1 amide bonds. The summed E-state index contributed by atoms with van der Waals surface area (Å²) in [6.07, 6.45) is -5.60. The molecule has 0 bridgehead atoms. The Morgan fingerprint density at radius 2 is 2.05 bits per heavy atom. The molecule has 0 radical (unpaired) electrons. The van der Waals surface area contributed by atoms with Gasteiger partial charge >= 0.3 is 6.18 Å². The van der Waals surface area contributed by atoms with Gasteiger partial charge in [0.2, 0.25) is 0 Å². The van der Waals surface area contributed by atoms with E-state index < -0.39 is 35.7 Å². The number of carbonyl (C=O) groups excluding carboxylic acids is 1. The van der Waals surface area contributed by atoms with Crippen molar-refractivity contribution in [3.8, 4) is 0 Å². The number of hydrogen-bond donors (Lipinski definition) is 0. The number of alkyl halides is 3. The highest BCUT2D eigenvalue weighted by molar-refractivity contribution is 6.31. The van der Waals surface area contributed by atoms with Crippen LogP contribution in [0.5, 0.6) is 0 Å². The van der Waals surface area contributed by atoms with E-state index in [0.29, 0.717) is 0 Å². The third-order valence-electron chi connectivity index (χ3n) is 2.46. The van der Waals surface area contributed by atoms with E-state index in [1.165, 1.54) is 6.07 Å². The van der Waals surface area contributed by atoms with Crippen molar-refractivity contribution in [2.24, 2.45) is 0 Å². The second kappa shape index (κ2) is 6.08. The van der Waals surface area contributed by atoms with Crippen LogP contribution in [0.2, 0.25) is 5.02 Å². The summed E-state index contributed by atoms with van der Waals surface area (Å²) in [4.78, 5) is 22.7. The van der Waals surface area contributed by atoms with E-state index in [1.807, 2.05) is 0 Å². The average molecular weight is 311 g/mol. The van der Waals surface area contributed by atoms with E-state index in [1.54, 1.807) is 0 Å². The molecule has 0 N–H and O–H groups in total. The van der Waals surface area contributed by atoms with E-state index in [-0.39, 0.29) is 10.6 Å². The molecule has 5 nitrogen and oxygen atoms in total. The number of nitrogens with zero attached hydrogens (tertiary/aromatic N) is 2. The molecule has 0 spiro atoms. The largest absolute Gasteiger partial charge is 0.390 e. The fraction of sp³-hybridized carbons (Fsp3) is 0.364. The van der Waals surface area contributed by atoms with Crippen molar-refractivity contribution in [2.75, 3.05) is 13.6 Å². The standard InChI is InChI=1S/C11H10ClF3N2O3/c1-16(5-4-11(13,14)15)10(18)8-6-7(12)2-3-9(8)17(19)20/h2-3,6H,4-5H2,1H3. The Balaban J connectivity index is 2.96. The van der Waals surface area contributed by atoms with Crippen LogP contribution in [-0.2, 0) is 0 Å². The van der Waals surface area contributed by atoms with Gasteiger partial charge in [0, 0.05) is 24.7 Å². The topological polar surface area (TPSA) is 63.5 Å². The van der Waals surface area contributed by atoms with Gasteiger partial charge in [0.15, 0.2) is 0 Å². The first-order chi connectivity index (χ1) is 9.11. The van der Waals surface area contributed by atoms with Crippen molar-refractivity contribution in [3.63, 3.8) is 0 Å². The van der Waals surface area contributed by atoms with Gasteiger partial charge in [-0.2, -0.15) is 13.2 Å². The molecule has 0 saturated carbocycles. The Bertz CT molecular complexity index is 534. The number of hydrogen-bond acceptors (Lipinski definition) is 3. The molecule has 0 heterocycles. The Kier molecular flexibility index (Phi) is 4.93. The van der Waals surface area contributed by atoms with Gasteiger partial charge in [-0.15, -0.1) is 0 Å². The van der Waals surface area contributed by atoms with Gasteiger partial charge in [0.05, 0.1) is 11.3 Å². The van der Waals surface area contributed by atoms with Crippen molar-refractivity contribution in [2.45, 2.75) is 12.6 Å². The third-order valence-corrected chi connectivity index (χ3v) is 2.70. The third kappa shape index (κ3) is 4.37. The normalized spacial score (nSPS) is 11.2. The van der Waals surface area contributed by atoms with E-state index >= 15 is 0 Å². The molecule has 0 fully saturated rings. The molecule has 9 heteroatoms. The minimum Gasteiger partial charge on any atom is -0.341 e. The van der Waals surface area contributed by atoms with Crippen molar-refractivity contribution in [1.29, 1.82) is 0 Å². The van der Waals surface area contributed by atoms with Gasteiger partial charge in [0.1, 0.15) is 5.56 Å². The molecule has 0 saturated heterocycles. The molecule has 0 aromatic heterocycles. The van der Waals surface area contributed by atoms with Crippen LogP contribution in [0.4, 0.5) is 18.9 Å².